The first-order chi connectivity index (χ1) is 12.9. The Balaban J connectivity index is 1.61. The van der Waals surface area contributed by atoms with Crippen LogP contribution in [0.5, 0.6) is 5.75 Å². The van der Waals surface area contributed by atoms with Crippen molar-refractivity contribution >= 4 is 15.9 Å². The number of carbonyl (C=O) groups excluding carboxylic acids is 1. The molecule has 8 heteroatoms. The van der Waals surface area contributed by atoms with Gasteiger partial charge in [0.05, 0.1) is 11.5 Å². The summed E-state index contributed by atoms with van der Waals surface area (Å²) in [5.41, 5.74) is 0. The molecular weight excluding hydrogens is 366 g/mol. The van der Waals surface area contributed by atoms with Crippen molar-refractivity contribution in [3.63, 3.8) is 0 Å². The third-order valence-electron chi connectivity index (χ3n) is 5.36. The van der Waals surface area contributed by atoms with Gasteiger partial charge in [-0.2, -0.15) is 4.31 Å². The molecule has 0 saturated carbocycles. The molecule has 0 aliphatic carbocycles. The molecule has 2 saturated heterocycles. The van der Waals surface area contributed by atoms with Gasteiger partial charge in [-0.1, -0.05) is 0 Å². The Labute approximate surface area is 161 Å². The highest BCUT2D eigenvalue weighted by Crippen LogP contribution is 2.26. The van der Waals surface area contributed by atoms with E-state index in [1.54, 1.807) is 24.3 Å². The molecule has 1 N–H and O–H groups in total. The van der Waals surface area contributed by atoms with Gasteiger partial charge in [0.15, 0.2) is 0 Å². The summed E-state index contributed by atoms with van der Waals surface area (Å²) in [7, 11) is -3.54. The number of hydrogen-bond acceptors (Lipinski definition) is 5. The zero-order chi connectivity index (χ0) is 19.4. The lowest BCUT2D eigenvalue weighted by molar-refractivity contribution is -0.139. The van der Waals surface area contributed by atoms with Crippen LogP contribution < -0.4 is 10.1 Å². The molecule has 2 heterocycles. The third kappa shape index (κ3) is 4.44. The minimum absolute atomic E-state index is 0.0858. The number of amides is 1. The van der Waals surface area contributed by atoms with Crippen molar-refractivity contribution in [3.8, 4) is 5.75 Å². The Morgan fingerprint density at radius 3 is 2.44 bits per heavy atom. The quantitative estimate of drug-likeness (QED) is 0.813. The summed E-state index contributed by atoms with van der Waals surface area (Å²) < 4.78 is 32.6. The SMILES string of the molecule is CCOc1ccc(S(=O)(=O)N2CCC(C(=O)N3CCNC[C@H]3C)CC2)cc1. The van der Waals surface area contributed by atoms with Crippen LogP contribution in [-0.4, -0.2) is 68.9 Å². The molecule has 27 heavy (non-hydrogen) atoms. The average molecular weight is 396 g/mol. The van der Waals surface area contributed by atoms with E-state index in [0.29, 0.717) is 38.3 Å². The van der Waals surface area contributed by atoms with Crippen molar-refractivity contribution in [2.75, 3.05) is 39.3 Å². The largest absolute Gasteiger partial charge is 0.494 e. The summed E-state index contributed by atoms with van der Waals surface area (Å²) >= 11 is 0. The van der Waals surface area contributed by atoms with E-state index in [2.05, 4.69) is 12.2 Å². The molecule has 1 aromatic rings. The van der Waals surface area contributed by atoms with E-state index in [0.717, 1.165) is 19.6 Å². The second-order valence-corrected chi connectivity index (χ2v) is 9.11. The zero-order valence-electron chi connectivity index (χ0n) is 16.1. The second-order valence-electron chi connectivity index (χ2n) is 7.17. The molecule has 2 aliphatic heterocycles. The van der Waals surface area contributed by atoms with Crippen molar-refractivity contribution in [3.05, 3.63) is 24.3 Å². The first-order valence-corrected chi connectivity index (χ1v) is 11.1. The maximum Gasteiger partial charge on any atom is 0.243 e. The molecule has 0 radical (unpaired) electrons. The topological polar surface area (TPSA) is 79.0 Å². The summed E-state index contributed by atoms with van der Waals surface area (Å²) in [4.78, 5) is 15.0. The number of hydrogen-bond donors (Lipinski definition) is 1. The van der Waals surface area contributed by atoms with E-state index in [4.69, 9.17) is 4.74 Å². The molecule has 7 nitrogen and oxygen atoms in total. The highest BCUT2D eigenvalue weighted by Gasteiger charge is 2.35. The molecule has 1 aromatic carbocycles. The summed E-state index contributed by atoms with van der Waals surface area (Å²) in [6, 6.07) is 6.72. The first kappa shape index (κ1) is 20.1. The van der Waals surface area contributed by atoms with Gasteiger partial charge in [0.25, 0.3) is 0 Å². The highest BCUT2D eigenvalue weighted by molar-refractivity contribution is 7.89. The lowest BCUT2D eigenvalue weighted by Gasteiger charge is -2.38. The van der Waals surface area contributed by atoms with Crippen LogP contribution in [0, 0.1) is 5.92 Å². The van der Waals surface area contributed by atoms with E-state index < -0.39 is 10.0 Å². The van der Waals surface area contributed by atoms with Crippen LogP contribution in [0.1, 0.15) is 26.7 Å². The number of rotatable bonds is 5. The van der Waals surface area contributed by atoms with Gasteiger partial charge < -0.3 is 15.0 Å². The predicted molar refractivity (Wildman–Crippen MR) is 103 cm³/mol. The number of sulfonamides is 1. The molecule has 0 bridgehead atoms. The lowest BCUT2D eigenvalue weighted by Crippen LogP contribution is -2.55. The van der Waals surface area contributed by atoms with Crippen LogP contribution in [-0.2, 0) is 14.8 Å². The van der Waals surface area contributed by atoms with Crippen molar-refractivity contribution in [1.29, 1.82) is 0 Å². The molecule has 3 rings (SSSR count). The molecule has 1 atom stereocenters. The molecule has 2 fully saturated rings. The summed E-state index contributed by atoms with van der Waals surface area (Å²) in [5.74, 6) is 0.741. The second kappa shape index (κ2) is 8.58. The maximum absolute atomic E-state index is 12.9. The molecule has 0 unspecified atom stereocenters. The Morgan fingerprint density at radius 2 is 1.85 bits per heavy atom. The number of benzene rings is 1. The number of piperazine rings is 1. The van der Waals surface area contributed by atoms with Crippen molar-refractivity contribution in [2.45, 2.75) is 37.6 Å². The summed E-state index contributed by atoms with van der Waals surface area (Å²) in [6.07, 6.45) is 1.15. The van der Waals surface area contributed by atoms with E-state index >= 15 is 0 Å². The van der Waals surface area contributed by atoms with Crippen molar-refractivity contribution < 1.29 is 17.9 Å². The minimum atomic E-state index is -3.54. The van der Waals surface area contributed by atoms with Crippen molar-refractivity contribution in [1.82, 2.24) is 14.5 Å². The predicted octanol–water partition coefficient (Wildman–Crippen LogP) is 1.31. The van der Waals surface area contributed by atoms with Gasteiger partial charge in [0.2, 0.25) is 15.9 Å². The van der Waals surface area contributed by atoms with Crippen LogP contribution in [0.15, 0.2) is 29.2 Å². The smallest absolute Gasteiger partial charge is 0.243 e. The van der Waals surface area contributed by atoms with Crippen molar-refractivity contribution in [2.24, 2.45) is 5.92 Å². The number of carbonyl (C=O) groups is 1. The monoisotopic (exact) mass is 395 g/mol. The molecule has 150 valence electrons. The molecule has 1 amide bonds. The minimum Gasteiger partial charge on any atom is -0.494 e. The molecule has 0 aromatic heterocycles. The fraction of sp³-hybridized carbons (Fsp3) is 0.632. The summed E-state index contributed by atoms with van der Waals surface area (Å²) in [5, 5.41) is 3.29. The van der Waals surface area contributed by atoms with E-state index in [1.807, 2.05) is 11.8 Å². The van der Waals surface area contributed by atoms with Crippen LogP contribution in [0.2, 0.25) is 0 Å². The third-order valence-corrected chi connectivity index (χ3v) is 7.27. The van der Waals surface area contributed by atoms with Gasteiger partial charge in [-0.15, -0.1) is 0 Å². The fourth-order valence-corrected chi connectivity index (χ4v) is 5.24. The van der Waals surface area contributed by atoms with E-state index in [-0.39, 0.29) is 22.8 Å². The molecular formula is C19H29N3O4S. The number of ether oxygens (including phenoxy) is 1. The van der Waals surface area contributed by atoms with Crippen LogP contribution in [0.25, 0.3) is 0 Å². The van der Waals surface area contributed by atoms with E-state index in [1.165, 1.54) is 4.31 Å². The number of nitrogens with zero attached hydrogens (tertiary/aromatic N) is 2. The van der Waals surface area contributed by atoms with Gasteiger partial charge in [0.1, 0.15) is 5.75 Å². The molecule has 2 aliphatic rings. The Hall–Kier alpha value is -1.64. The number of nitrogens with one attached hydrogen (secondary N) is 1. The van der Waals surface area contributed by atoms with Crippen LogP contribution in [0.4, 0.5) is 0 Å². The zero-order valence-corrected chi connectivity index (χ0v) is 16.9. The summed E-state index contributed by atoms with van der Waals surface area (Å²) in [6.45, 7) is 7.60. The normalized spacial score (nSPS) is 22.6. The fourth-order valence-electron chi connectivity index (χ4n) is 3.77. The van der Waals surface area contributed by atoms with Crippen LogP contribution in [0.3, 0.4) is 0 Å². The Kier molecular flexibility index (Phi) is 6.39. The number of piperidine rings is 1. The maximum atomic E-state index is 12.9. The van der Waals surface area contributed by atoms with Gasteiger partial charge >= 0.3 is 0 Å². The highest BCUT2D eigenvalue weighted by atomic mass is 32.2. The van der Waals surface area contributed by atoms with Gasteiger partial charge in [-0.05, 0) is 51.0 Å². The Bertz CT molecular complexity index is 743. The average Bonchev–Trinajstić information content (AvgIpc) is 2.69. The van der Waals surface area contributed by atoms with Gasteiger partial charge in [-0.25, -0.2) is 8.42 Å². The van der Waals surface area contributed by atoms with E-state index in [9.17, 15) is 13.2 Å². The first-order valence-electron chi connectivity index (χ1n) is 9.67. The standard InChI is InChI=1S/C19H29N3O4S/c1-3-26-17-4-6-18(7-5-17)27(24,25)21-11-8-16(9-12-21)19(23)22-13-10-20-14-15(22)2/h4-7,15-16,20H,3,8-14H2,1-2H3/t15-/m1/s1. The van der Waals surface area contributed by atoms with Crippen LogP contribution >= 0.6 is 0 Å². The lowest BCUT2D eigenvalue weighted by atomic mass is 9.95. The van der Waals surface area contributed by atoms with Gasteiger partial charge in [0, 0.05) is 44.7 Å². The van der Waals surface area contributed by atoms with Gasteiger partial charge in [-0.3, -0.25) is 4.79 Å². The molecule has 0 spiro atoms. The Morgan fingerprint density at radius 1 is 1.19 bits per heavy atom.